The third-order valence-corrected chi connectivity index (χ3v) is 4.76. The van der Waals surface area contributed by atoms with Gasteiger partial charge in [0.15, 0.2) is 0 Å². The van der Waals surface area contributed by atoms with Crippen molar-refractivity contribution in [3.05, 3.63) is 59.2 Å². The van der Waals surface area contributed by atoms with Crippen LogP contribution in [0.1, 0.15) is 36.9 Å². The highest BCUT2D eigenvalue weighted by molar-refractivity contribution is 6.07. The zero-order valence-corrected chi connectivity index (χ0v) is 16.0. The Morgan fingerprint density at radius 3 is 2.34 bits per heavy atom. The maximum atomic E-state index is 14.0. The predicted molar refractivity (Wildman–Crippen MR) is 104 cm³/mol. The largest absolute Gasteiger partial charge is 0.349 e. The summed E-state index contributed by atoms with van der Waals surface area (Å²) in [6.45, 7) is 3.13. The summed E-state index contributed by atoms with van der Waals surface area (Å²) < 4.78 is 27.8. The first kappa shape index (κ1) is 20.4. The van der Waals surface area contributed by atoms with Crippen LogP contribution in [0, 0.1) is 24.5 Å². The predicted octanol–water partition coefficient (Wildman–Crippen LogP) is 3.44. The summed E-state index contributed by atoms with van der Waals surface area (Å²) in [5.41, 5.74) is 1.45. The van der Waals surface area contributed by atoms with Crippen LogP contribution in [0.15, 0.2) is 36.4 Å². The van der Waals surface area contributed by atoms with E-state index in [0.29, 0.717) is 12.5 Å². The molecule has 1 saturated heterocycles. The van der Waals surface area contributed by atoms with Gasteiger partial charge in [0.05, 0.1) is 17.4 Å². The molecule has 1 aliphatic heterocycles. The number of carbonyl (C=O) groups is 3. The molecule has 2 atom stereocenters. The van der Waals surface area contributed by atoms with Gasteiger partial charge in [-0.15, -0.1) is 0 Å². The maximum Gasteiger partial charge on any atom is 0.237 e. The van der Waals surface area contributed by atoms with E-state index in [9.17, 15) is 23.2 Å². The molecule has 0 radical (unpaired) electrons. The van der Waals surface area contributed by atoms with E-state index < -0.39 is 35.3 Å². The normalized spacial score (nSPS) is 18.7. The van der Waals surface area contributed by atoms with E-state index in [1.165, 1.54) is 6.92 Å². The monoisotopic (exact) mass is 401 g/mol. The Labute approximate surface area is 166 Å². The Hall–Kier alpha value is -3.29. The van der Waals surface area contributed by atoms with Gasteiger partial charge in [-0.2, -0.15) is 0 Å². The van der Waals surface area contributed by atoms with Crippen LogP contribution in [0.3, 0.4) is 0 Å². The summed E-state index contributed by atoms with van der Waals surface area (Å²) in [4.78, 5) is 36.1. The Bertz CT molecular complexity index is 978. The molecule has 0 spiro atoms. The maximum absolute atomic E-state index is 14.0. The molecule has 3 N–H and O–H groups in total. The molecule has 1 aliphatic rings. The van der Waals surface area contributed by atoms with Gasteiger partial charge in [0, 0.05) is 13.0 Å². The lowest BCUT2D eigenvalue weighted by Crippen LogP contribution is -2.44. The van der Waals surface area contributed by atoms with Gasteiger partial charge in [-0.25, -0.2) is 8.78 Å². The molecule has 29 heavy (non-hydrogen) atoms. The molecule has 0 bridgehead atoms. The number of carbonyl (C=O) groups excluding carboxylic acids is 3. The molecule has 0 aromatic heterocycles. The number of anilines is 2. The van der Waals surface area contributed by atoms with Crippen LogP contribution in [0.4, 0.5) is 20.2 Å². The van der Waals surface area contributed by atoms with Crippen molar-refractivity contribution < 1.29 is 23.2 Å². The molecule has 2 aromatic rings. The highest BCUT2D eigenvalue weighted by Gasteiger charge is 2.34. The van der Waals surface area contributed by atoms with Crippen molar-refractivity contribution >= 4 is 29.1 Å². The van der Waals surface area contributed by atoms with Crippen LogP contribution < -0.4 is 16.0 Å². The fraction of sp³-hybridized carbons (Fsp3) is 0.286. The zero-order valence-electron chi connectivity index (χ0n) is 16.0. The van der Waals surface area contributed by atoms with E-state index in [-0.39, 0.29) is 23.8 Å². The number of halogens is 2. The van der Waals surface area contributed by atoms with E-state index in [0.717, 1.165) is 17.2 Å². The molecule has 0 saturated carbocycles. The second-order valence-corrected chi connectivity index (χ2v) is 7.09. The Morgan fingerprint density at radius 2 is 1.72 bits per heavy atom. The quantitative estimate of drug-likeness (QED) is 0.686. The van der Waals surface area contributed by atoms with E-state index in [4.69, 9.17) is 0 Å². The van der Waals surface area contributed by atoms with E-state index in [2.05, 4.69) is 16.0 Å². The van der Waals surface area contributed by atoms with Gasteiger partial charge in [-0.05, 0) is 31.4 Å². The molecule has 2 aromatic carbocycles. The van der Waals surface area contributed by atoms with Crippen LogP contribution in [0.2, 0.25) is 0 Å². The summed E-state index contributed by atoms with van der Waals surface area (Å²) in [6, 6.07) is 9.10. The SMILES string of the molecule is CC(=O)Nc1cc(NC(=O)C2CCC(c3cccc(C)c3)NC2=O)c(F)cc1F. The topological polar surface area (TPSA) is 87.3 Å². The summed E-state index contributed by atoms with van der Waals surface area (Å²) >= 11 is 0. The first-order valence-electron chi connectivity index (χ1n) is 9.19. The third kappa shape index (κ3) is 4.77. The minimum atomic E-state index is -1.00. The first-order chi connectivity index (χ1) is 13.7. The smallest absolute Gasteiger partial charge is 0.237 e. The molecule has 0 aliphatic carbocycles. The lowest BCUT2D eigenvalue weighted by molar-refractivity contribution is -0.135. The first-order valence-corrected chi connectivity index (χ1v) is 9.19. The number of nitrogens with one attached hydrogen (secondary N) is 3. The minimum absolute atomic E-state index is 0.194. The number of hydrogen-bond acceptors (Lipinski definition) is 3. The van der Waals surface area contributed by atoms with Gasteiger partial charge in [-0.1, -0.05) is 29.8 Å². The van der Waals surface area contributed by atoms with Crippen molar-refractivity contribution in [2.45, 2.75) is 32.7 Å². The fourth-order valence-corrected chi connectivity index (χ4v) is 3.35. The molecule has 8 heteroatoms. The van der Waals surface area contributed by atoms with Crippen LogP contribution in [-0.2, 0) is 14.4 Å². The molecular formula is C21H21F2N3O3. The van der Waals surface area contributed by atoms with Crippen LogP contribution in [0.5, 0.6) is 0 Å². The van der Waals surface area contributed by atoms with Crippen molar-refractivity contribution in [3.63, 3.8) is 0 Å². The Morgan fingerprint density at radius 1 is 1.03 bits per heavy atom. The summed E-state index contributed by atoms with van der Waals surface area (Å²) in [6.07, 6.45) is 0.841. The highest BCUT2D eigenvalue weighted by atomic mass is 19.1. The number of aryl methyl sites for hydroxylation is 1. The second kappa shape index (κ2) is 8.38. The number of amides is 3. The number of benzene rings is 2. The molecule has 3 rings (SSSR count). The van der Waals surface area contributed by atoms with Gasteiger partial charge in [0.2, 0.25) is 17.7 Å². The van der Waals surface area contributed by atoms with Gasteiger partial charge < -0.3 is 16.0 Å². The Kier molecular flexibility index (Phi) is 5.91. The third-order valence-electron chi connectivity index (χ3n) is 4.76. The van der Waals surface area contributed by atoms with Crippen LogP contribution >= 0.6 is 0 Å². The lowest BCUT2D eigenvalue weighted by atomic mass is 9.89. The molecule has 6 nitrogen and oxygen atoms in total. The van der Waals surface area contributed by atoms with Crippen molar-refractivity contribution in [3.8, 4) is 0 Å². The van der Waals surface area contributed by atoms with Gasteiger partial charge >= 0.3 is 0 Å². The lowest BCUT2D eigenvalue weighted by Gasteiger charge is -2.29. The van der Waals surface area contributed by atoms with Crippen molar-refractivity contribution in [1.82, 2.24) is 5.32 Å². The van der Waals surface area contributed by atoms with E-state index >= 15 is 0 Å². The van der Waals surface area contributed by atoms with Gasteiger partial charge in [-0.3, -0.25) is 14.4 Å². The van der Waals surface area contributed by atoms with Gasteiger partial charge in [0.1, 0.15) is 17.6 Å². The van der Waals surface area contributed by atoms with E-state index in [1.54, 1.807) is 0 Å². The average molecular weight is 401 g/mol. The molecule has 1 fully saturated rings. The summed E-state index contributed by atoms with van der Waals surface area (Å²) in [5, 5.41) is 7.37. The second-order valence-electron chi connectivity index (χ2n) is 7.09. The van der Waals surface area contributed by atoms with Crippen LogP contribution in [-0.4, -0.2) is 17.7 Å². The number of hydrogen-bond donors (Lipinski definition) is 3. The standard InChI is InChI=1S/C21H21F2N3O3/c1-11-4-3-5-13(8-11)17-7-6-14(20(28)25-17)21(29)26-19-10-18(24-12(2)27)15(22)9-16(19)23/h3-5,8-10,14,17H,6-7H2,1-2H3,(H,24,27)(H,25,28)(H,26,29). The van der Waals surface area contributed by atoms with Crippen molar-refractivity contribution in [2.24, 2.45) is 5.92 Å². The van der Waals surface area contributed by atoms with Crippen molar-refractivity contribution in [2.75, 3.05) is 10.6 Å². The molecule has 1 heterocycles. The summed E-state index contributed by atoms with van der Waals surface area (Å²) in [5.74, 6) is -4.65. The molecule has 3 amide bonds. The molecular weight excluding hydrogens is 380 g/mol. The number of rotatable bonds is 4. The van der Waals surface area contributed by atoms with Gasteiger partial charge in [0.25, 0.3) is 0 Å². The number of piperidine rings is 1. The van der Waals surface area contributed by atoms with E-state index in [1.807, 2.05) is 31.2 Å². The van der Waals surface area contributed by atoms with Crippen molar-refractivity contribution in [1.29, 1.82) is 0 Å². The Balaban J connectivity index is 1.70. The minimum Gasteiger partial charge on any atom is -0.349 e. The zero-order chi connectivity index (χ0) is 21.1. The fourth-order valence-electron chi connectivity index (χ4n) is 3.35. The highest BCUT2D eigenvalue weighted by Crippen LogP contribution is 2.29. The summed E-state index contributed by atoms with van der Waals surface area (Å²) in [7, 11) is 0. The molecule has 152 valence electrons. The average Bonchev–Trinajstić information content (AvgIpc) is 2.65. The van der Waals surface area contributed by atoms with Crippen LogP contribution in [0.25, 0.3) is 0 Å². The molecule has 2 unspecified atom stereocenters.